The number of hydrogen-bond acceptors (Lipinski definition) is 5. The van der Waals surface area contributed by atoms with Gasteiger partial charge in [0.15, 0.2) is 0 Å². The van der Waals surface area contributed by atoms with Crippen molar-refractivity contribution in [3.05, 3.63) is 42.5 Å². The van der Waals surface area contributed by atoms with Gasteiger partial charge in [-0.25, -0.2) is 0 Å². The number of rotatable bonds is 3. The predicted octanol–water partition coefficient (Wildman–Crippen LogP) is 3.09. The third-order valence-electron chi connectivity index (χ3n) is 2.51. The lowest BCUT2D eigenvalue weighted by Gasteiger charge is -2.12. The highest BCUT2D eigenvalue weighted by atomic mass is 32.2. The van der Waals surface area contributed by atoms with Crippen molar-refractivity contribution >= 4 is 28.5 Å². The topological polar surface area (TPSA) is 78.3 Å². The summed E-state index contributed by atoms with van der Waals surface area (Å²) in [6.45, 7) is 1.44. The Balaban J connectivity index is 2.42. The largest absolute Gasteiger partial charge is 0.417 e. The Bertz CT molecular complexity index is 597. The summed E-state index contributed by atoms with van der Waals surface area (Å²) in [6, 6.07) is 12.7. The fourth-order valence-corrected chi connectivity index (χ4v) is 2.03. The van der Waals surface area contributed by atoms with Gasteiger partial charge >= 0.3 is 0 Å². The molecule has 0 atom stereocenters. The van der Waals surface area contributed by atoms with E-state index in [1.54, 1.807) is 30.3 Å². The number of carbonyl (C=O) groups is 1. The molecule has 0 heterocycles. The van der Waals surface area contributed by atoms with Crippen LogP contribution in [0.25, 0.3) is 11.1 Å². The molecule has 0 saturated carbocycles. The van der Waals surface area contributed by atoms with Gasteiger partial charge in [-0.2, -0.15) is 0 Å². The van der Waals surface area contributed by atoms with Crippen molar-refractivity contribution < 1.29 is 8.98 Å². The minimum atomic E-state index is -0.120. The first-order chi connectivity index (χ1) is 9.08. The zero-order valence-corrected chi connectivity index (χ0v) is 11.2. The molecule has 0 unspecified atom stereocenters. The Morgan fingerprint density at radius 1 is 1.11 bits per heavy atom. The van der Waals surface area contributed by atoms with Gasteiger partial charge in [-0.15, -0.1) is 0 Å². The number of carbonyl (C=O) groups excluding carboxylic acids is 1. The van der Waals surface area contributed by atoms with Gasteiger partial charge in [-0.3, -0.25) is 4.79 Å². The van der Waals surface area contributed by atoms with E-state index in [1.165, 1.54) is 6.92 Å². The summed E-state index contributed by atoms with van der Waals surface area (Å²) in [6.07, 6.45) is 0. The molecule has 0 aromatic heterocycles. The van der Waals surface area contributed by atoms with E-state index in [4.69, 9.17) is 15.7 Å². The van der Waals surface area contributed by atoms with Crippen LogP contribution >= 0.6 is 12.0 Å². The fraction of sp³-hybridized carbons (Fsp3) is 0.0714. The van der Waals surface area contributed by atoms with Crippen LogP contribution < -0.4 is 15.7 Å². The summed E-state index contributed by atoms with van der Waals surface area (Å²) in [4.78, 5) is 11.0. The van der Waals surface area contributed by atoms with E-state index in [0.717, 1.165) is 23.2 Å². The predicted molar refractivity (Wildman–Crippen MR) is 79.6 cm³/mol. The van der Waals surface area contributed by atoms with Crippen LogP contribution in [0.5, 0.6) is 5.75 Å². The smallest absolute Gasteiger partial charge is 0.224 e. The number of benzene rings is 2. The molecule has 98 valence electrons. The van der Waals surface area contributed by atoms with Crippen molar-refractivity contribution in [2.45, 2.75) is 6.92 Å². The van der Waals surface area contributed by atoms with Gasteiger partial charge < -0.3 is 15.7 Å². The molecule has 4 N–H and O–H groups in total. The van der Waals surface area contributed by atoms with Crippen molar-refractivity contribution in [3.8, 4) is 16.9 Å². The van der Waals surface area contributed by atoms with Gasteiger partial charge in [0, 0.05) is 23.9 Å². The van der Waals surface area contributed by atoms with E-state index < -0.39 is 0 Å². The van der Waals surface area contributed by atoms with E-state index in [1.807, 2.05) is 12.1 Å². The number of nitrogen functional groups attached to an aromatic ring is 2. The van der Waals surface area contributed by atoms with Gasteiger partial charge in [0.1, 0.15) is 17.8 Å². The molecule has 0 radical (unpaired) electrons. The molecule has 0 aliphatic rings. The molecule has 0 fully saturated rings. The third-order valence-corrected chi connectivity index (χ3v) is 3.00. The highest BCUT2D eigenvalue weighted by molar-refractivity contribution is 8.09. The Hall–Kier alpha value is -2.14. The molecule has 19 heavy (non-hydrogen) atoms. The number of anilines is 2. The van der Waals surface area contributed by atoms with E-state index >= 15 is 0 Å². The molecule has 0 aliphatic heterocycles. The van der Waals surface area contributed by atoms with Crippen molar-refractivity contribution in [1.82, 2.24) is 0 Å². The van der Waals surface area contributed by atoms with Crippen molar-refractivity contribution in [2.24, 2.45) is 0 Å². The molecule has 2 aromatic rings. The van der Waals surface area contributed by atoms with Crippen LogP contribution in [0.2, 0.25) is 0 Å². The lowest BCUT2D eigenvalue weighted by Crippen LogP contribution is -1.95. The molecule has 5 heteroatoms. The molecule has 0 bridgehead atoms. The Labute approximate surface area is 116 Å². The highest BCUT2D eigenvalue weighted by Crippen LogP contribution is 2.37. The maximum atomic E-state index is 11.0. The number of nitrogens with two attached hydrogens (primary N) is 2. The zero-order valence-electron chi connectivity index (χ0n) is 10.4. The number of hydrogen-bond donors (Lipinski definition) is 2. The molecule has 0 aliphatic carbocycles. The Kier molecular flexibility index (Phi) is 3.97. The Morgan fingerprint density at radius 2 is 1.79 bits per heavy atom. The van der Waals surface area contributed by atoms with Gasteiger partial charge in [-0.1, -0.05) is 18.2 Å². The summed E-state index contributed by atoms with van der Waals surface area (Å²) >= 11 is 0.786. The molecule has 0 saturated heterocycles. The summed E-state index contributed by atoms with van der Waals surface area (Å²) in [7, 11) is 0. The molecule has 0 amide bonds. The summed E-state index contributed by atoms with van der Waals surface area (Å²) < 4.78 is 5.42. The lowest BCUT2D eigenvalue weighted by molar-refractivity contribution is -0.109. The SMILES string of the molecule is CC(=O)SOc1cccc(N)c1-c1ccc(N)cc1. The Morgan fingerprint density at radius 3 is 2.42 bits per heavy atom. The van der Waals surface area contributed by atoms with Crippen LogP contribution in [0.15, 0.2) is 42.5 Å². The van der Waals surface area contributed by atoms with Crippen molar-refractivity contribution in [3.63, 3.8) is 0 Å². The van der Waals surface area contributed by atoms with Gasteiger partial charge in [0.05, 0.1) is 0 Å². The van der Waals surface area contributed by atoms with Crippen LogP contribution in [0.3, 0.4) is 0 Å². The molecule has 2 rings (SSSR count). The second-order valence-corrected chi connectivity index (χ2v) is 4.91. The standard InChI is InChI=1S/C14H14N2O2S/c1-9(17)19-18-13-4-2-3-12(16)14(13)10-5-7-11(15)8-6-10/h2-8H,15-16H2,1H3. The minimum Gasteiger partial charge on any atom is -0.417 e. The summed E-state index contributed by atoms with van der Waals surface area (Å²) in [5, 5.41) is -0.120. The average Bonchev–Trinajstić information content (AvgIpc) is 2.38. The molecule has 0 spiro atoms. The monoisotopic (exact) mass is 274 g/mol. The van der Waals surface area contributed by atoms with Crippen LogP contribution in [0.1, 0.15) is 6.92 Å². The highest BCUT2D eigenvalue weighted by Gasteiger charge is 2.11. The van der Waals surface area contributed by atoms with Gasteiger partial charge in [0.25, 0.3) is 0 Å². The van der Waals surface area contributed by atoms with E-state index in [9.17, 15) is 4.79 Å². The minimum absolute atomic E-state index is 0.120. The van der Waals surface area contributed by atoms with Crippen molar-refractivity contribution in [1.29, 1.82) is 0 Å². The molecule has 4 nitrogen and oxygen atoms in total. The first-order valence-corrected chi connectivity index (χ1v) is 6.41. The average molecular weight is 274 g/mol. The second kappa shape index (κ2) is 5.67. The van der Waals surface area contributed by atoms with E-state index in [0.29, 0.717) is 17.1 Å². The van der Waals surface area contributed by atoms with Crippen LogP contribution in [-0.2, 0) is 4.79 Å². The quantitative estimate of drug-likeness (QED) is 0.664. The summed E-state index contributed by atoms with van der Waals surface area (Å²) in [5.74, 6) is 0.560. The molecule has 2 aromatic carbocycles. The fourth-order valence-electron chi connectivity index (χ4n) is 1.68. The van der Waals surface area contributed by atoms with Crippen molar-refractivity contribution in [2.75, 3.05) is 11.5 Å². The van der Waals surface area contributed by atoms with Crippen LogP contribution in [-0.4, -0.2) is 5.12 Å². The maximum Gasteiger partial charge on any atom is 0.224 e. The summed E-state index contributed by atoms with van der Waals surface area (Å²) in [5.41, 5.74) is 14.6. The maximum absolute atomic E-state index is 11.0. The van der Waals surface area contributed by atoms with E-state index in [2.05, 4.69) is 0 Å². The second-order valence-electron chi connectivity index (χ2n) is 4.00. The third kappa shape index (κ3) is 3.20. The first-order valence-electron chi connectivity index (χ1n) is 5.67. The van der Waals surface area contributed by atoms with Crippen LogP contribution in [0, 0.1) is 0 Å². The molecular formula is C14H14N2O2S. The van der Waals surface area contributed by atoms with E-state index in [-0.39, 0.29) is 5.12 Å². The molecular weight excluding hydrogens is 260 g/mol. The normalized spacial score (nSPS) is 10.2. The van der Waals surface area contributed by atoms with Gasteiger partial charge in [0.2, 0.25) is 5.12 Å². The first kappa shape index (κ1) is 13.3. The lowest BCUT2D eigenvalue weighted by atomic mass is 10.0. The zero-order chi connectivity index (χ0) is 13.8. The van der Waals surface area contributed by atoms with Crippen LogP contribution in [0.4, 0.5) is 11.4 Å². The van der Waals surface area contributed by atoms with Gasteiger partial charge in [-0.05, 0) is 29.8 Å².